The van der Waals surface area contributed by atoms with Crippen molar-refractivity contribution in [2.24, 2.45) is 0 Å². The summed E-state index contributed by atoms with van der Waals surface area (Å²) in [5.41, 5.74) is 0. The molecule has 0 aromatic heterocycles. The molecule has 0 spiro atoms. The predicted octanol–water partition coefficient (Wildman–Crippen LogP) is 2.96. The first-order valence-electron chi connectivity index (χ1n) is 4.61. The highest BCUT2D eigenvalue weighted by Crippen LogP contribution is 2.19. The van der Waals surface area contributed by atoms with Gasteiger partial charge in [-0.1, -0.05) is 32.6 Å². The van der Waals surface area contributed by atoms with Crippen molar-refractivity contribution in [2.45, 2.75) is 57.6 Å². The van der Waals surface area contributed by atoms with Gasteiger partial charge in [0.05, 0.1) is 4.75 Å². The van der Waals surface area contributed by atoms with Gasteiger partial charge in [-0.15, -0.1) is 0 Å². The van der Waals surface area contributed by atoms with Crippen molar-refractivity contribution < 1.29 is 8.76 Å². The Morgan fingerprint density at radius 1 is 1.25 bits per heavy atom. The average molecular weight is 192 g/mol. The zero-order valence-corrected chi connectivity index (χ0v) is 9.12. The van der Waals surface area contributed by atoms with Crippen LogP contribution >= 0.6 is 0 Å². The first kappa shape index (κ1) is 12.1. The molecule has 0 bridgehead atoms. The summed E-state index contributed by atoms with van der Waals surface area (Å²) in [6.45, 7) is 5.85. The monoisotopic (exact) mass is 192 g/mol. The fourth-order valence-corrected chi connectivity index (χ4v) is 1.38. The van der Waals surface area contributed by atoms with Gasteiger partial charge in [-0.2, -0.15) is 0 Å². The van der Waals surface area contributed by atoms with Crippen LogP contribution in [-0.2, 0) is 11.1 Å². The summed E-state index contributed by atoms with van der Waals surface area (Å²) in [4.78, 5) is 0. The van der Waals surface area contributed by atoms with E-state index in [2.05, 4.69) is 6.92 Å². The zero-order valence-electron chi connectivity index (χ0n) is 8.30. The summed E-state index contributed by atoms with van der Waals surface area (Å²) >= 11 is -1.68. The van der Waals surface area contributed by atoms with Crippen LogP contribution in [0.15, 0.2) is 0 Å². The lowest BCUT2D eigenvalue weighted by Crippen LogP contribution is -2.25. The van der Waals surface area contributed by atoms with Gasteiger partial charge in [-0.3, -0.25) is 0 Å². The molecule has 74 valence electrons. The second-order valence-electron chi connectivity index (χ2n) is 3.82. The molecule has 0 aromatic rings. The lowest BCUT2D eigenvalue weighted by atomic mass is 10.0. The largest absolute Gasteiger partial charge is 0.306 e. The third-order valence-electron chi connectivity index (χ3n) is 2.11. The van der Waals surface area contributed by atoms with Crippen LogP contribution in [0, 0.1) is 0 Å². The lowest BCUT2D eigenvalue weighted by molar-refractivity contribution is 0.482. The van der Waals surface area contributed by atoms with Gasteiger partial charge in [0, 0.05) is 0 Å². The van der Waals surface area contributed by atoms with E-state index in [1.54, 1.807) is 0 Å². The molecule has 1 N–H and O–H groups in total. The van der Waals surface area contributed by atoms with E-state index in [-0.39, 0.29) is 0 Å². The maximum absolute atomic E-state index is 10.8. The van der Waals surface area contributed by atoms with E-state index in [1.807, 2.05) is 13.8 Å². The minimum atomic E-state index is -1.68. The molecular formula is C9H20O2S. The third kappa shape index (κ3) is 4.88. The highest BCUT2D eigenvalue weighted by atomic mass is 32.2. The highest BCUT2D eigenvalue weighted by Gasteiger charge is 2.23. The van der Waals surface area contributed by atoms with Crippen LogP contribution in [0.4, 0.5) is 0 Å². The van der Waals surface area contributed by atoms with Crippen molar-refractivity contribution in [2.75, 3.05) is 0 Å². The molecular weight excluding hydrogens is 172 g/mol. The summed E-state index contributed by atoms with van der Waals surface area (Å²) in [6, 6.07) is 0. The number of hydrogen-bond acceptors (Lipinski definition) is 1. The molecule has 1 unspecified atom stereocenters. The van der Waals surface area contributed by atoms with Gasteiger partial charge in [-0.25, -0.2) is 4.21 Å². The SMILES string of the molecule is CCCCCCC(C)(C)S(=O)O. The van der Waals surface area contributed by atoms with Crippen molar-refractivity contribution >= 4 is 11.1 Å². The van der Waals surface area contributed by atoms with Gasteiger partial charge >= 0.3 is 0 Å². The topological polar surface area (TPSA) is 37.3 Å². The molecule has 0 rings (SSSR count). The Bertz CT molecular complexity index is 143. The van der Waals surface area contributed by atoms with Crippen LogP contribution in [0.3, 0.4) is 0 Å². The summed E-state index contributed by atoms with van der Waals surface area (Å²) in [5, 5.41) is 0. The van der Waals surface area contributed by atoms with Crippen LogP contribution in [0.2, 0.25) is 0 Å². The molecule has 0 radical (unpaired) electrons. The number of rotatable bonds is 6. The molecule has 1 atom stereocenters. The minimum absolute atomic E-state index is 0.423. The van der Waals surface area contributed by atoms with Gasteiger partial charge < -0.3 is 4.55 Å². The normalized spacial score (nSPS) is 14.7. The van der Waals surface area contributed by atoms with Gasteiger partial charge in [0.1, 0.15) is 0 Å². The Balaban J connectivity index is 3.54. The van der Waals surface area contributed by atoms with Crippen LogP contribution in [0.25, 0.3) is 0 Å². The molecule has 12 heavy (non-hydrogen) atoms. The second-order valence-corrected chi connectivity index (χ2v) is 5.42. The van der Waals surface area contributed by atoms with Crippen LogP contribution < -0.4 is 0 Å². The quantitative estimate of drug-likeness (QED) is 0.519. The Labute approximate surface area is 78.0 Å². The predicted molar refractivity (Wildman–Crippen MR) is 53.6 cm³/mol. The van der Waals surface area contributed by atoms with Gasteiger partial charge in [-0.05, 0) is 20.3 Å². The molecule has 0 saturated heterocycles. The molecule has 0 saturated carbocycles. The Morgan fingerprint density at radius 2 is 1.83 bits per heavy atom. The smallest absolute Gasteiger partial charge is 0.158 e. The number of unbranched alkanes of at least 4 members (excludes halogenated alkanes) is 3. The average Bonchev–Trinajstić information content (AvgIpc) is 1.98. The van der Waals surface area contributed by atoms with Crippen molar-refractivity contribution in [1.82, 2.24) is 0 Å². The molecule has 2 nitrogen and oxygen atoms in total. The summed E-state index contributed by atoms with van der Waals surface area (Å²) < 4.78 is 19.3. The molecule has 0 aliphatic carbocycles. The zero-order chi connectivity index (χ0) is 9.61. The third-order valence-corrected chi connectivity index (χ3v) is 3.25. The Morgan fingerprint density at radius 3 is 2.25 bits per heavy atom. The summed E-state index contributed by atoms with van der Waals surface area (Å²) in [6.07, 6.45) is 5.52. The van der Waals surface area contributed by atoms with Gasteiger partial charge in [0.2, 0.25) is 0 Å². The van der Waals surface area contributed by atoms with Crippen molar-refractivity contribution in [3.63, 3.8) is 0 Å². The highest BCUT2D eigenvalue weighted by molar-refractivity contribution is 7.80. The maximum atomic E-state index is 10.8. The van der Waals surface area contributed by atoms with Gasteiger partial charge in [0.15, 0.2) is 11.1 Å². The minimum Gasteiger partial charge on any atom is -0.306 e. The van der Waals surface area contributed by atoms with E-state index in [1.165, 1.54) is 19.3 Å². The summed E-state index contributed by atoms with van der Waals surface area (Å²) in [7, 11) is 0. The summed E-state index contributed by atoms with van der Waals surface area (Å²) in [5.74, 6) is 0. The van der Waals surface area contributed by atoms with Crippen molar-refractivity contribution in [3.8, 4) is 0 Å². The van der Waals surface area contributed by atoms with E-state index in [0.29, 0.717) is 0 Å². The second kappa shape index (κ2) is 5.70. The molecule has 0 aromatic carbocycles. The molecule has 0 aliphatic rings. The van der Waals surface area contributed by atoms with E-state index < -0.39 is 15.8 Å². The van der Waals surface area contributed by atoms with Gasteiger partial charge in [0.25, 0.3) is 0 Å². The maximum Gasteiger partial charge on any atom is 0.158 e. The van der Waals surface area contributed by atoms with Crippen LogP contribution in [0.5, 0.6) is 0 Å². The molecule has 0 fully saturated rings. The van der Waals surface area contributed by atoms with Crippen LogP contribution in [0.1, 0.15) is 52.9 Å². The fraction of sp³-hybridized carbons (Fsp3) is 1.00. The Kier molecular flexibility index (Phi) is 5.76. The lowest BCUT2D eigenvalue weighted by Gasteiger charge is -2.19. The van der Waals surface area contributed by atoms with Crippen molar-refractivity contribution in [1.29, 1.82) is 0 Å². The van der Waals surface area contributed by atoms with E-state index >= 15 is 0 Å². The standard InChI is InChI=1S/C9H20O2S/c1-4-5-6-7-8-9(2,3)12(10)11/h4-8H2,1-3H3,(H,10,11). The first-order chi connectivity index (χ1) is 5.50. The van der Waals surface area contributed by atoms with Crippen molar-refractivity contribution in [3.05, 3.63) is 0 Å². The molecule has 0 aliphatic heterocycles. The fourth-order valence-electron chi connectivity index (χ4n) is 1.06. The Hall–Kier alpha value is 0.110. The van der Waals surface area contributed by atoms with E-state index in [0.717, 1.165) is 12.8 Å². The molecule has 0 amide bonds. The van der Waals surface area contributed by atoms with E-state index in [4.69, 9.17) is 4.55 Å². The molecule has 3 heteroatoms. The molecule has 0 heterocycles. The van der Waals surface area contributed by atoms with Crippen LogP contribution in [-0.4, -0.2) is 13.5 Å². The van der Waals surface area contributed by atoms with E-state index in [9.17, 15) is 4.21 Å². The number of hydrogen-bond donors (Lipinski definition) is 1. The first-order valence-corrected chi connectivity index (χ1v) is 5.72.